The average molecular weight is 634 g/mol. The lowest BCUT2D eigenvalue weighted by molar-refractivity contribution is -0.106. The van der Waals surface area contributed by atoms with Crippen molar-refractivity contribution in [3.63, 3.8) is 0 Å². The Morgan fingerprint density at radius 3 is 2.37 bits per heavy atom. The van der Waals surface area contributed by atoms with Crippen molar-refractivity contribution in [1.29, 1.82) is 0 Å². The fourth-order valence-electron chi connectivity index (χ4n) is 3.67. The zero-order valence-electron chi connectivity index (χ0n) is 21.5. The molecule has 0 radical (unpaired) electrons. The number of anilines is 1. The molecule has 0 atom stereocenters. The van der Waals surface area contributed by atoms with Gasteiger partial charge in [0.2, 0.25) is 6.41 Å². The number of carbonyl (C=O) groups excluding carboxylic acids is 3. The molecule has 0 aliphatic heterocycles. The topological polar surface area (TPSA) is 112 Å². The first-order valence-electron chi connectivity index (χ1n) is 12.0. The largest absolute Gasteiger partial charge is 0.504 e. The molecule has 0 fully saturated rings. The predicted molar refractivity (Wildman–Crippen MR) is 161 cm³/mol. The SMILES string of the molecule is CN(Cc1ccc(CNC(=O)OCc2ccc3c(Cl)cc(Cl)c(O)c3n2)cc1)C(=O)SN(C=O)c1ccc(Cl)cc1. The maximum absolute atomic E-state index is 12.6. The van der Waals surface area contributed by atoms with Gasteiger partial charge in [-0.3, -0.25) is 9.59 Å². The van der Waals surface area contributed by atoms with Crippen LogP contribution in [0.5, 0.6) is 5.75 Å². The van der Waals surface area contributed by atoms with Crippen LogP contribution in [0.2, 0.25) is 15.1 Å². The lowest BCUT2D eigenvalue weighted by atomic mass is 10.1. The molecule has 13 heteroatoms. The van der Waals surface area contributed by atoms with Gasteiger partial charge in [0, 0.05) is 30.5 Å². The van der Waals surface area contributed by atoms with Gasteiger partial charge in [0.25, 0.3) is 0 Å². The standard InChI is InChI=1S/C28H23Cl3N4O5S/c1-34(28(39)41-35(16-36)21-9-6-19(29)7-10-21)14-18-4-2-17(3-5-18)13-32-27(38)40-15-20-8-11-22-23(30)12-24(31)26(37)25(22)33-20/h2-12,16,37H,13-15H2,1H3,(H,32,38). The Labute approximate surface area is 255 Å². The van der Waals surface area contributed by atoms with Crippen LogP contribution < -0.4 is 9.62 Å². The summed E-state index contributed by atoms with van der Waals surface area (Å²) < 4.78 is 6.47. The quantitative estimate of drug-likeness (QED) is 0.148. The summed E-state index contributed by atoms with van der Waals surface area (Å²) in [6.07, 6.45) is -0.0751. The molecule has 4 rings (SSSR count). The van der Waals surface area contributed by atoms with E-state index in [1.165, 1.54) is 15.3 Å². The summed E-state index contributed by atoms with van der Waals surface area (Å²) in [5.41, 5.74) is 2.85. The summed E-state index contributed by atoms with van der Waals surface area (Å²) in [6.45, 7) is 0.415. The van der Waals surface area contributed by atoms with E-state index >= 15 is 0 Å². The molecule has 212 valence electrons. The fraction of sp³-hybridized carbons (Fsp3) is 0.143. The van der Waals surface area contributed by atoms with Crippen LogP contribution in [0.4, 0.5) is 15.3 Å². The number of amides is 3. The van der Waals surface area contributed by atoms with Crippen molar-refractivity contribution in [3.05, 3.63) is 98.6 Å². The molecule has 41 heavy (non-hydrogen) atoms. The summed E-state index contributed by atoms with van der Waals surface area (Å²) in [5, 5.41) is 14.0. The third-order valence-electron chi connectivity index (χ3n) is 5.81. The van der Waals surface area contributed by atoms with Gasteiger partial charge in [0.05, 0.1) is 33.4 Å². The minimum absolute atomic E-state index is 0.0765. The van der Waals surface area contributed by atoms with E-state index in [1.807, 2.05) is 24.3 Å². The van der Waals surface area contributed by atoms with Crippen LogP contribution in [0.15, 0.2) is 66.7 Å². The van der Waals surface area contributed by atoms with Crippen molar-refractivity contribution in [1.82, 2.24) is 15.2 Å². The van der Waals surface area contributed by atoms with E-state index in [9.17, 15) is 19.5 Å². The van der Waals surface area contributed by atoms with Gasteiger partial charge in [-0.15, -0.1) is 0 Å². The summed E-state index contributed by atoms with van der Waals surface area (Å²) in [4.78, 5) is 42.1. The van der Waals surface area contributed by atoms with Crippen LogP contribution in [0, 0.1) is 0 Å². The number of phenolic OH excluding ortho intramolecular Hbond substituents is 1. The second-order valence-corrected chi connectivity index (χ2v) is 10.9. The number of carbonyl (C=O) groups is 3. The maximum atomic E-state index is 12.6. The zero-order chi connectivity index (χ0) is 29.5. The third kappa shape index (κ3) is 7.95. The predicted octanol–water partition coefficient (Wildman–Crippen LogP) is 7.19. The van der Waals surface area contributed by atoms with Gasteiger partial charge in [-0.1, -0.05) is 59.1 Å². The summed E-state index contributed by atoms with van der Waals surface area (Å²) in [7, 11) is 1.64. The molecule has 0 aliphatic carbocycles. The van der Waals surface area contributed by atoms with Gasteiger partial charge in [0.1, 0.15) is 12.1 Å². The van der Waals surface area contributed by atoms with Crippen molar-refractivity contribution in [2.24, 2.45) is 0 Å². The molecule has 0 bridgehead atoms. The van der Waals surface area contributed by atoms with E-state index in [0.29, 0.717) is 39.8 Å². The Morgan fingerprint density at radius 2 is 1.68 bits per heavy atom. The number of ether oxygens (including phenoxy) is 1. The highest BCUT2D eigenvalue weighted by Crippen LogP contribution is 2.36. The number of aromatic hydroxyl groups is 1. The van der Waals surface area contributed by atoms with Crippen molar-refractivity contribution >= 4 is 81.1 Å². The molecule has 0 aliphatic rings. The molecule has 3 amide bonds. The second-order valence-electron chi connectivity index (χ2n) is 8.75. The number of alkyl carbamates (subject to hydrolysis) is 1. The lowest BCUT2D eigenvalue weighted by Gasteiger charge is -2.21. The van der Waals surface area contributed by atoms with Crippen LogP contribution in [-0.2, 0) is 29.2 Å². The smallest absolute Gasteiger partial charge is 0.407 e. The molecule has 2 N–H and O–H groups in total. The number of nitrogens with one attached hydrogen (secondary N) is 1. The number of phenols is 1. The fourth-order valence-corrected chi connectivity index (χ4v) is 4.95. The molecule has 1 aromatic heterocycles. The van der Waals surface area contributed by atoms with E-state index < -0.39 is 6.09 Å². The molecule has 0 unspecified atom stereocenters. The van der Waals surface area contributed by atoms with Gasteiger partial charge in [0.15, 0.2) is 5.75 Å². The number of rotatable bonds is 9. The minimum Gasteiger partial charge on any atom is -0.504 e. The maximum Gasteiger partial charge on any atom is 0.407 e. The molecule has 3 aromatic carbocycles. The number of pyridine rings is 1. The molecule has 0 spiro atoms. The monoisotopic (exact) mass is 632 g/mol. The number of hydrogen-bond donors (Lipinski definition) is 2. The molecule has 9 nitrogen and oxygen atoms in total. The van der Waals surface area contributed by atoms with Crippen LogP contribution in [0.3, 0.4) is 0 Å². The first kappa shape index (κ1) is 30.3. The first-order valence-corrected chi connectivity index (χ1v) is 13.9. The van der Waals surface area contributed by atoms with Gasteiger partial charge >= 0.3 is 11.3 Å². The molecule has 0 saturated carbocycles. The number of aromatic nitrogens is 1. The van der Waals surface area contributed by atoms with Gasteiger partial charge < -0.3 is 20.1 Å². The summed E-state index contributed by atoms with van der Waals surface area (Å²) in [5.74, 6) is -0.198. The number of halogens is 3. The molecule has 0 saturated heterocycles. The molecular weight excluding hydrogens is 611 g/mol. The molecular formula is C28H23Cl3N4O5S. The number of nitrogens with zero attached hydrogens (tertiary/aromatic N) is 3. The first-order chi connectivity index (χ1) is 19.6. The van der Waals surface area contributed by atoms with E-state index in [2.05, 4.69) is 10.3 Å². The Morgan fingerprint density at radius 1 is 1.00 bits per heavy atom. The van der Waals surface area contributed by atoms with Gasteiger partial charge in [-0.2, -0.15) is 0 Å². The third-order valence-corrected chi connectivity index (χ3v) is 7.62. The van der Waals surface area contributed by atoms with E-state index in [4.69, 9.17) is 39.5 Å². The number of fused-ring (bicyclic) bond motifs is 1. The van der Waals surface area contributed by atoms with Gasteiger partial charge in [-0.05, 0) is 53.6 Å². The average Bonchev–Trinajstić information content (AvgIpc) is 2.97. The zero-order valence-corrected chi connectivity index (χ0v) is 24.6. The van der Waals surface area contributed by atoms with E-state index in [1.54, 1.807) is 43.4 Å². The Hall–Kier alpha value is -3.70. The normalized spacial score (nSPS) is 10.7. The molecule has 4 aromatic rings. The summed E-state index contributed by atoms with van der Waals surface area (Å²) >= 11 is 18.8. The van der Waals surface area contributed by atoms with Crippen molar-refractivity contribution < 1.29 is 24.2 Å². The Balaban J connectivity index is 1.24. The van der Waals surface area contributed by atoms with Crippen molar-refractivity contribution in [2.45, 2.75) is 19.7 Å². The van der Waals surface area contributed by atoms with Crippen molar-refractivity contribution in [2.75, 3.05) is 11.4 Å². The van der Waals surface area contributed by atoms with E-state index in [0.717, 1.165) is 23.1 Å². The number of benzene rings is 3. The Bertz CT molecular complexity index is 1570. The highest BCUT2D eigenvalue weighted by atomic mass is 35.5. The number of hydrogen-bond acceptors (Lipinski definition) is 7. The molecule has 1 heterocycles. The van der Waals surface area contributed by atoms with E-state index in [-0.39, 0.29) is 34.7 Å². The minimum atomic E-state index is -0.646. The van der Waals surface area contributed by atoms with Crippen LogP contribution in [0.1, 0.15) is 16.8 Å². The summed E-state index contributed by atoms with van der Waals surface area (Å²) in [6, 6.07) is 18.7. The van der Waals surface area contributed by atoms with Gasteiger partial charge in [-0.25, -0.2) is 14.1 Å². The highest BCUT2D eigenvalue weighted by molar-refractivity contribution is 8.15. The second kappa shape index (κ2) is 13.8. The van der Waals surface area contributed by atoms with Crippen molar-refractivity contribution in [3.8, 4) is 5.75 Å². The van der Waals surface area contributed by atoms with Crippen LogP contribution >= 0.6 is 46.8 Å². The van der Waals surface area contributed by atoms with Crippen LogP contribution in [-0.4, -0.2) is 39.8 Å². The lowest BCUT2D eigenvalue weighted by Crippen LogP contribution is -2.26. The van der Waals surface area contributed by atoms with Crippen LogP contribution in [0.25, 0.3) is 10.9 Å². The Kier molecular flexibility index (Phi) is 10.2. The highest BCUT2D eigenvalue weighted by Gasteiger charge is 2.17.